The lowest BCUT2D eigenvalue weighted by Crippen LogP contribution is -2.37. The van der Waals surface area contributed by atoms with Crippen molar-refractivity contribution in [3.05, 3.63) is 17.1 Å². The van der Waals surface area contributed by atoms with E-state index >= 15 is 0 Å². The molecule has 0 spiro atoms. The van der Waals surface area contributed by atoms with Crippen molar-refractivity contribution in [1.29, 1.82) is 0 Å². The van der Waals surface area contributed by atoms with Crippen LogP contribution in [0, 0.1) is 6.92 Å². The Morgan fingerprint density at radius 1 is 1.25 bits per heavy atom. The Labute approximate surface area is 135 Å². The van der Waals surface area contributed by atoms with Gasteiger partial charge in [0.25, 0.3) is 0 Å². The molecule has 9 heteroatoms. The summed E-state index contributed by atoms with van der Waals surface area (Å²) in [6, 6.07) is 0. The van der Waals surface area contributed by atoms with E-state index in [1.165, 1.54) is 13.8 Å². The van der Waals surface area contributed by atoms with E-state index in [4.69, 9.17) is 9.15 Å². The van der Waals surface area contributed by atoms with Crippen LogP contribution >= 0.6 is 0 Å². The summed E-state index contributed by atoms with van der Waals surface area (Å²) in [5.41, 5.74) is -1.59. The van der Waals surface area contributed by atoms with E-state index < -0.39 is 23.3 Å². The van der Waals surface area contributed by atoms with Crippen LogP contribution in [0.5, 0.6) is 0 Å². The highest BCUT2D eigenvalue weighted by Gasteiger charge is 2.42. The number of ether oxygens (including phenoxy) is 1. The number of carbonyl (C=O) groups is 1. The van der Waals surface area contributed by atoms with E-state index in [1.807, 2.05) is 0 Å². The maximum atomic E-state index is 13.5. The SMILES string of the molecule is CCC(=O)c1oc2c(N3CCOCC3)nc(C)nc2c1C(F)(F)F. The van der Waals surface area contributed by atoms with Crippen molar-refractivity contribution in [3.8, 4) is 0 Å². The monoisotopic (exact) mass is 343 g/mol. The predicted octanol–water partition coefficient (Wildman–Crippen LogP) is 2.98. The van der Waals surface area contributed by atoms with Gasteiger partial charge in [-0.2, -0.15) is 13.2 Å². The van der Waals surface area contributed by atoms with Gasteiger partial charge in [-0.1, -0.05) is 6.92 Å². The lowest BCUT2D eigenvalue weighted by atomic mass is 10.1. The molecule has 0 aliphatic carbocycles. The van der Waals surface area contributed by atoms with Crippen LogP contribution < -0.4 is 4.90 Å². The van der Waals surface area contributed by atoms with Crippen LogP contribution in [0.15, 0.2) is 4.42 Å². The molecule has 2 aromatic rings. The Balaban J connectivity index is 2.28. The molecular weight excluding hydrogens is 327 g/mol. The minimum Gasteiger partial charge on any atom is -0.447 e. The summed E-state index contributed by atoms with van der Waals surface area (Å²) in [5, 5.41) is 0. The number of Topliss-reactive ketones (excluding diaryl/α,β-unsaturated/α-hetero) is 1. The largest absolute Gasteiger partial charge is 0.447 e. The Bertz CT molecular complexity index is 780. The van der Waals surface area contributed by atoms with Crippen molar-refractivity contribution in [2.75, 3.05) is 31.2 Å². The van der Waals surface area contributed by atoms with E-state index in [0.29, 0.717) is 26.3 Å². The molecule has 1 fully saturated rings. The molecule has 130 valence electrons. The minimum absolute atomic E-state index is 0.0950. The zero-order valence-electron chi connectivity index (χ0n) is 13.2. The number of nitrogens with zero attached hydrogens (tertiary/aromatic N) is 3. The number of aryl methyl sites for hydroxylation is 1. The molecule has 0 saturated carbocycles. The Morgan fingerprint density at radius 2 is 1.92 bits per heavy atom. The van der Waals surface area contributed by atoms with Crippen LogP contribution in [0.2, 0.25) is 0 Å². The summed E-state index contributed by atoms with van der Waals surface area (Å²) >= 11 is 0. The fraction of sp³-hybridized carbons (Fsp3) is 0.533. The topological polar surface area (TPSA) is 68.5 Å². The second-order valence-corrected chi connectivity index (χ2v) is 5.45. The second kappa shape index (κ2) is 6.04. The molecule has 1 saturated heterocycles. The van der Waals surface area contributed by atoms with Crippen LogP contribution in [-0.4, -0.2) is 42.1 Å². The van der Waals surface area contributed by atoms with Crippen molar-refractivity contribution in [3.63, 3.8) is 0 Å². The third-order valence-electron chi connectivity index (χ3n) is 3.80. The van der Waals surface area contributed by atoms with Gasteiger partial charge in [-0.25, -0.2) is 9.97 Å². The molecule has 0 N–H and O–H groups in total. The van der Waals surface area contributed by atoms with Crippen LogP contribution in [0.25, 0.3) is 11.1 Å². The summed E-state index contributed by atoms with van der Waals surface area (Å²) in [4.78, 5) is 21.9. The smallest absolute Gasteiger partial charge is 0.422 e. The van der Waals surface area contributed by atoms with E-state index in [1.54, 1.807) is 4.90 Å². The maximum Gasteiger partial charge on any atom is 0.422 e. The Morgan fingerprint density at radius 3 is 2.50 bits per heavy atom. The molecule has 3 heterocycles. The van der Waals surface area contributed by atoms with E-state index in [9.17, 15) is 18.0 Å². The highest BCUT2D eigenvalue weighted by Crippen LogP contribution is 2.41. The van der Waals surface area contributed by atoms with Crippen LogP contribution in [0.1, 0.15) is 35.3 Å². The van der Waals surface area contributed by atoms with Crippen molar-refractivity contribution in [2.45, 2.75) is 26.4 Å². The zero-order chi connectivity index (χ0) is 17.5. The van der Waals surface area contributed by atoms with Gasteiger partial charge < -0.3 is 14.1 Å². The predicted molar refractivity (Wildman–Crippen MR) is 79.2 cm³/mol. The molecule has 24 heavy (non-hydrogen) atoms. The third kappa shape index (κ3) is 2.83. The van der Waals surface area contributed by atoms with Gasteiger partial charge in [-0.05, 0) is 6.92 Å². The van der Waals surface area contributed by atoms with Gasteiger partial charge in [0.15, 0.2) is 22.9 Å². The van der Waals surface area contributed by atoms with Crippen LogP contribution in [0.3, 0.4) is 0 Å². The average Bonchev–Trinajstić information content (AvgIpc) is 2.93. The molecule has 3 rings (SSSR count). The summed E-state index contributed by atoms with van der Waals surface area (Å²) in [5.74, 6) is -0.965. The third-order valence-corrected chi connectivity index (χ3v) is 3.80. The Kier molecular flexibility index (Phi) is 4.20. The zero-order valence-corrected chi connectivity index (χ0v) is 13.2. The van der Waals surface area contributed by atoms with Crippen molar-refractivity contribution >= 4 is 22.7 Å². The Hall–Kier alpha value is -2.16. The minimum atomic E-state index is -4.74. The molecule has 0 radical (unpaired) electrons. The summed E-state index contributed by atoms with van der Waals surface area (Å²) < 4.78 is 51.1. The number of halogens is 3. The number of ketones is 1. The van der Waals surface area contributed by atoms with Crippen molar-refractivity contribution in [2.24, 2.45) is 0 Å². The standard InChI is InChI=1S/C15H16F3N3O3/c1-3-9(22)12-10(15(16,17)18)11-13(24-12)14(20-8(2)19-11)21-4-6-23-7-5-21/h3-7H2,1-2H3. The van der Waals surface area contributed by atoms with Crippen molar-refractivity contribution in [1.82, 2.24) is 9.97 Å². The first-order chi connectivity index (χ1) is 11.3. The van der Waals surface area contributed by atoms with Gasteiger partial charge in [-0.15, -0.1) is 0 Å². The van der Waals surface area contributed by atoms with Gasteiger partial charge in [0.05, 0.1) is 13.2 Å². The van der Waals surface area contributed by atoms with Gasteiger partial charge >= 0.3 is 6.18 Å². The van der Waals surface area contributed by atoms with E-state index in [2.05, 4.69) is 9.97 Å². The summed E-state index contributed by atoms with van der Waals surface area (Å²) in [6.07, 6.45) is -4.84. The molecule has 1 aliphatic heterocycles. The molecule has 0 atom stereocenters. The fourth-order valence-electron chi connectivity index (χ4n) is 2.68. The molecule has 0 bridgehead atoms. The molecular formula is C15H16F3N3O3. The first kappa shape index (κ1) is 16.7. The molecule has 6 nitrogen and oxygen atoms in total. The van der Waals surface area contributed by atoms with Crippen LogP contribution in [-0.2, 0) is 10.9 Å². The fourth-order valence-corrected chi connectivity index (χ4v) is 2.68. The highest BCUT2D eigenvalue weighted by molar-refractivity contribution is 6.01. The van der Waals surface area contributed by atoms with E-state index in [0.717, 1.165) is 0 Å². The lowest BCUT2D eigenvalue weighted by molar-refractivity contribution is -0.137. The second-order valence-electron chi connectivity index (χ2n) is 5.45. The first-order valence-electron chi connectivity index (χ1n) is 7.57. The molecule has 0 amide bonds. The number of rotatable bonds is 3. The van der Waals surface area contributed by atoms with E-state index in [-0.39, 0.29) is 29.2 Å². The molecule has 1 aliphatic rings. The lowest BCUT2D eigenvalue weighted by Gasteiger charge is -2.27. The van der Waals surface area contributed by atoms with Gasteiger partial charge in [0.2, 0.25) is 0 Å². The van der Waals surface area contributed by atoms with Crippen LogP contribution in [0.4, 0.5) is 19.0 Å². The summed E-state index contributed by atoms with van der Waals surface area (Å²) in [7, 11) is 0. The summed E-state index contributed by atoms with van der Waals surface area (Å²) in [6.45, 7) is 4.83. The van der Waals surface area contributed by atoms with Gasteiger partial charge in [0, 0.05) is 19.5 Å². The molecule has 0 aromatic carbocycles. The molecule has 0 unspecified atom stereocenters. The van der Waals surface area contributed by atoms with Gasteiger partial charge in [-0.3, -0.25) is 4.79 Å². The average molecular weight is 343 g/mol. The number of carbonyl (C=O) groups excluding carboxylic acids is 1. The first-order valence-corrected chi connectivity index (χ1v) is 7.57. The quantitative estimate of drug-likeness (QED) is 0.798. The number of alkyl halides is 3. The highest BCUT2D eigenvalue weighted by atomic mass is 19.4. The number of furan rings is 1. The molecule has 2 aromatic heterocycles. The number of morpholine rings is 1. The number of hydrogen-bond donors (Lipinski definition) is 0. The number of hydrogen-bond acceptors (Lipinski definition) is 6. The van der Waals surface area contributed by atoms with Crippen molar-refractivity contribution < 1.29 is 27.1 Å². The number of fused-ring (bicyclic) bond motifs is 1. The normalized spacial score (nSPS) is 16.0. The van der Waals surface area contributed by atoms with Gasteiger partial charge in [0.1, 0.15) is 16.9 Å². The maximum absolute atomic E-state index is 13.5. The number of aromatic nitrogens is 2. The number of anilines is 1.